The fraction of sp³-hybridized carbons (Fsp3) is 0.318. The molecule has 0 radical (unpaired) electrons. The Morgan fingerprint density at radius 2 is 2.07 bits per heavy atom. The topological polar surface area (TPSA) is 72.5 Å². The van der Waals surface area contributed by atoms with Crippen LogP contribution in [0.25, 0.3) is 0 Å². The predicted octanol–water partition coefficient (Wildman–Crippen LogP) is 4.30. The van der Waals surface area contributed by atoms with Gasteiger partial charge in [-0.25, -0.2) is 0 Å². The van der Waals surface area contributed by atoms with Crippen molar-refractivity contribution < 1.29 is 19.1 Å². The first-order valence-corrected chi connectivity index (χ1v) is 11.2. The zero-order chi connectivity index (χ0) is 20.5. The minimum atomic E-state index is -0.892. The third-order valence-electron chi connectivity index (χ3n) is 5.43. The molecule has 7 heteroatoms. The van der Waals surface area contributed by atoms with Crippen LogP contribution < -0.4 is 5.32 Å². The Hall–Kier alpha value is -2.25. The molecule has 2 heterocycles. The van der Waals surface area contributed by atoms with Crippen molar-refractivity contribution in [2.75, 3.05) is 6.61 Å². The van der Waals surface area contributed by atoms with Crippen LogP contribution in [0.1, 0.15) is 42.0 Å². The number of amides is 1. The molecule has 5 nitrogen and oxygen atoms in total. The van der Waals surface area contributed by atoms with E-state index in [4.69, 9.17) is 4.74 Å². The minimum absolute atomic E-state index is 0.110. The van der Waals surface area contributed by atoms with Crippen LogP contribution in [0.2, 0.25) is 0 Å². The van der Waals surface area contributed by atoms with Crippen LogP contribution in [0, 0.1) is 5.92 Å². The second-order valence-electron chi connectivity index (χ2n) is 7.17. The maximum atomic E-state index is 13.6. The molecule has 4 rings (SSSR count). The Kier molecular flexibility index (Phi) is 5.69. The number of Topliss-reactive ketones (excluding diaryl/α,β-unsaturated/α-hetero) is 1. The highest BCUT2D eigenvalue weighted by Gasteiger charge is 2.47. The number of thiophene rings is 1. The average Bonchev–Trinajstić information content (AvgIpc) is 3.21. The van der Waals surface area contributed by atoms with Crippen LogP contribution in [-0.2, 0) is 19.1 Å². The molecule has 0 fully saturated rings. The van der Waals surface area contributed by atoms with E-state index in [0.29, 0.717) is 17.7 Å². The van der Waals surface area contributed by atoms with E-state index < -0.39 is 11.9 Å². The zero-order valence-corrected chi connectivity index (χ0v) is 18.2. The molecule has 0 saturated heterocycles. The maximum absolute atomic E-state index is 13.6. The first kappa shape index (κ1) is 20.0. The average molecular weight is 474 g/mol. The quantitative estimate of drug-likeness (QED) is 0.530. The number of hydrogen-bond donors (Lipinski definition) is 1. The Morgan fingerprint density at radius 3 is 2.76 bits per heavy atom. The molecule has 0 spiro atoms. The van der Waals surface area contributed by atoms with Crippen molar-refractivity contribution in [3.8, 4) is 0 Å². The van der Waals surface area contributed by atoms with Gasteiger partial charge in [0.15, 0.2) is 5.78 Å². The molecule has 0 saturated carbocycles. The summed E-state index contributed by atoms with van der Waals surface area (Å²) in [4.78, 5) is 39.8. The number of rotatable bonds is 4. The van der Waals surface area contributed by atoms with Gasteiger partial charge in [-0.2, -0.15) is 0 Å². The third-order valence-corrected chi connectivity index (χ3v) is 6.93. The standard InChI is InChI=1S/C22H20BrNO4S/c1-2-28-22(27)20-15(17-7-4-8-29-17)10-16-19(21(20)26)14(11-18(25)24-16)12-5-3-6-13(23)9-12/h3-9,14-15,20H,2,10-11H2,1H3,(H,24,25)/t14-,15+,20-/m0/s1. The highest BCUT2D eigenvalue weighted by molar-refractivity contribution is 9.10. The lowest BCUT2D eigenvalue weighted by Crippen LogP contribution is -2.44. The molecule has 1 N–H and O–H groups in total. The van der Waals surface area contributed by atoms with E-state index in [1.807, 2.05) is 41.8 Å². The highest BCUT2D eigenvalue weighted by atomic mass is 79.9. The van der Waals surface area contributed by atoms with E-state index in [1.165, 1.54) is 11.3 Å². The molecule has 29 heavy (non-hydrogen) atoms. The molecule has 0 bridgehead atoms. The number of allylic oxidation sites excluding steroid dienone is 2. The summed E-state index contributed by atoms with van der Waals surface area (Å²) in [6, 6.07) is 11.5. The van der Waals surface area contributed by atoms with Gasteiger partial charge in [-0.3, -0.25) is 14.4 Å². The number of hydrogen-bond acceptors (Lipinski definition) is 5. The second-order valence-corrected chi connectivity index (χ2v) is 9.07. The van der Waals surface area contributed by atoms with E-state index in [2.05, 4.69) is 21.2 Å². The molecule has 2 aliphatic rings. The minimum Gasteiger partial charge on any atom is -0.465 e. The largest absolute Gasteiger partial charge is 0.465 e. The third kappa shape index (κ3) is 3.81. The van der Waals surface area contributed by atoms with Crippen LogP contribution >= 0.6 is 27.3 Å². The van der Waals surface area contributed by atoms with Gasteiger partial charge in [-0.05, 0) is 42.5 Å². The molecule has 1 aliphatic heterocycles. The summed E-state index contributed by atoms with van der Waals surface area (Å²) in [6.45, 7) is 1.96. The van der Waals surface area contributed by atoms with Crippen molar-refractivity contribution in [1.82, 2.24) is 5.32 Å². The summed E-state index contributed by atoms with van der Waals surface area (Å²) < 4.78 is 6.15. The number of ether oxygens (including phenoxy) is 1. The zero-order valence-electron chi connectivity index (χ0n) is 15.8. The van der Waals surface area contributed by atoms with Crippen molar-refractivity contribution in [1.29, 1.82) is 0 Å². The van der Waals surface area contributed by atoms with Crippen LogP contribution in [0.3, 0.4) is 0 Å². The molecular weight excluding hydrogens is 454 g/mol. The van der Waals surface area contributed by atoms with Gasteiger partial charge in [0.05, 0.1) is 6.61 Å². The maximum Gasteiger partial charge on any atom is 0.317 e. The summed E-state index contributed by atoms with van der Waals surface area (Å²) in [5, 5.41) is 4.83. The van der Waals surface area contributed by atoms with Crippen molar-refractivity contribution in [2.45, 2.75) is 31.6 Å². The van der Waals surface area contributed by atoms with Gasteiger partial charge in [0.2, 0.25) is 5.91 Å². The van der Waals surface area contributed by atoms with Crippen LogP contribution in [-0.4, -0.2) is 24.3 Å². The monoisotopic (exact) mass is 473 g/mol. The lowest BCUT2D eigenvalue weighted by atomic mass is 9.69. The summed E-state index contributed by atoms with van der Waals surface area (Å²) in [5.41, 5.74) is 2.05. The first-order chi connectivity index (χ1) is 14.0. The SMILES string of the molecule is CCOC(=O)[C@@H]1C(=O)C2=C(C[C@@H]1c1cccs1)NC(=O)C[C@H]2c1cccc(Br)c1. The Morgan fingerprint density at radius 1 is 1.24 bits per heavy atom. The molecule has 1 aliphatic carbocycles. The fourth-order valence-corrected chi connectivity index (χ4v) is 5.51. The van der Waals surface area contributed by atoms with E-state index in [9.17, 15) is 14.4 Å². The molecular formula is C22H20BrNO4S. The van der Waals surface area contributed by atoms with Gasteiger partial charge in [0.25, 0.3) is 0 Å². The van der Waals surface area contributed by atoms with Crippen molar-refractivity contribution in [3.05, 3.63) is 68.0 Å². The summed E-state index contributed by atoms with van der Waals surface area (Å²) in [5.74, 6) is -2.44. The van der Waals surface area contributed by atoms with Crippen LogP contribution in [0.4, 0.5) is 0 Å². The fourth-order valence-electron chi connectivity index (χ4n) is 4.23. The smallest absolute Gasteiger partial charge is 0.317 e. The molecule has 0 unspecified atom stereocenters. The summed E-state index contributed by atoms with van der Waals surface area (Å²) >= 11 is 4.97. The van der Waals surface area contributed by atoms with Gasteiger partial charge in [0.1, 0.15) is 5.92 Å². The van der Waals surface area contributed by atoms with Gasteiger partial charge < -0.3 is 10.1 Å². The molecule has 1 aromatic carbocycles. The molecule has 1 aromatic heterocycles. The molecule has 3 atom stereocenters. The van der Waals surface area contributed by atoms with Gasteiger partial charge in [-0.15, -0.1) is 11.3 Å². The number of carbonyl (C=O) groups is 3. The number of carbonyl (C=O) groups excluding carboxylic acids is 3. The van der Waals surface area contributed by atoms with E-state index >= 15 is 0 Å². The van der Waals surface area contributed by atoms with Crippen LogP contribution in [0.5, 0.6) is 0 Å². The number of halogens is 1. The van der Waals surface area contributed by atoms with Crippen molar-refractivity contribution in [2.24, 2.45) is 5.92 Å². The number of nitrogens with one attached hydrogen (secondary N) is 1. The lowest BCUT2D eigenvalue weighted by molar-refractivity contribution is -0.152. The molecule has 2 aromatic rings. The number of esters is 1. The van der Waals surface area contributed by atoms with Crippen molar-refractivity contribution >= 4 is 44.9 Å². The molecule has 1 amide bonds. The highest BCUT2D eigenvalue weighted by Crippen LogP contribution is 2.46. The Bertz CT molecular complexity index is 998. The number of ketones is 1. The Balaban J connectivity index is 1.82. The Labute approximate surface area is 181 Å². The van der Waals surface area contributed by atoms with Gasteiger partial charge in [0, 0.05) is 38.9 Å². The summed E-state index contributed by atoms with van der Waals surface area (Å²) in [7, 11) is 0. The molecule has 150 valence electrons. The van der Waals surface area contributed by atoms with Crippen LogP contribution in [0.15, 0.2) is 57.5 Å². The summed E-state index contributed by atoms with van der Waals surface area (Å²) in [6.07, 6.45) is 0.613. The van der Waals surface area contributed by atoms with E-state index in [0.717, 1.165) is 14.9 Å². The predicted molar refractivity (Wildman–Crippen MR) is 113 cm³/mol. The van der Waals surface area contributed by atoms with Gasteiger partial charge >= 0.3 is 5.97 Å². The van der Waals surface area contributed by atoms with E-state index in [-0.39, 0.29) is 36.6 Å². The number of benzene rings is 1. The van der Waals surface area contributed by atoms with Gasteiger partial charge in [-0.1, -0.05) is 34.1 Å². The van der Waals surface area contributed by atoms with E-state index in [1.54, 1.807) is 6.92 Å². The lowest BCUT2D eigenvalue weighted by Gasteiger charge is -2.37. The van der Waals surface area contributed by atoms with Crippen molar-refractivity contribution in [3.63, 3.8) is 0 Å². The normalized spacial score (nSPS) is 24.1. The second kappa shape index (κ2) is 8.24. The first-order valence-electron chi connectivity index (χ1n) is 9.52.